The monoisotopic (exact) mass is 262 g/mol. The highest BCUT2D eigenvalue weighted by atomic mass is 16.5. The molecular formula is C15H22N2O2. The molecule has 0 unspecified atom stereocenters. The molecule has 1 aromatic heterocycles. The highest BCUT2D eigenvalue weighted by molar-refractivity contribution is 5.20. The van der Waals surface area contributed by atoms with E-state index in [0.717, 1.165) is 25.5 Å². The Morgan fingerprint density at radius 3 is 3.00 bits per heavy atom. The van der Waals surface area contributed by atoms with E-state index in [9.17, 15) is 0 Å². The summed E-state index contributed by atoms with van der Waals surface area (Å²) in [5.74, 6) is 0.764. The van der Waals surface area contributed by atoms with Gasteiger partial charge in [0, 0.05) is 31.5 Å². The minimum Gasteiger partial charge on any atom is -0.474 e. The third-order valence-electron chi connectivity index (χ3n) is 4.08. The molecule has 1 saturated heterocycles. The normalized spacial score (nSPS) is 27.2. The first-order valence-corrected chi connectivity index (χ1v) is 7.28. The van der Waals surface area contributed by atoms with Crippen LogP contribution in [-0.2, 0) is 11.3 Å². The van der Waals surface area contributed by atoms with Gasteiger partial charge in [-0.1, -0.05) is 0 Å². The van der Waals surface area contributed by atoms with Gasteiger partial charge >= 0.3 is 0 Å². The molecule has 1 aliphatic carbocycles. The molecule has 0 radical (unpaired) electrons. The average Bonchev–Trinajstić information content (AvgIpc) is 2.78. The fourth-order valence-corrected chi connectivity index (χ4v) is 2.53. The van der Waals surface area contributed by atoms with E-state index >= 15 is 0 Å². The minimum atomic E-state index is 0.313. The van der Waals surface area contributed by atoms with Crippen molar-refractivity contribution in [1.82, 2.24) is 10.3 Å². The topological polar surface area (TPSA) is 43.4 Å². The zero-order valence-corrected chi connectivity index (χ0v) is 11.5. The average molecular weight is 262 g/mol. The molecule has 1 saturated carbocycles. The number of hydrogen-bond acceptors (Lipinski definition) is 4. The maximum absolute atomic E-state index is 5.82. The predicted octanol–water partition coefficient (Wildman–Crippen LogP) is 2.28. The molecule has 0 spiro atoms. The molecule has 1 aromatic rings. The van der Waals surface area contributed by atoms with Crippen molar-refractivity contribution in [3.63, 3.8) is 0 Å². The van der Waals surface area contributed by atoms with Gasteiger partial charge in [-0.2, -0.15) is 0 Å². The standard InChI is InChI=1S/C15H22N2O2/c1-11-14(6-8-18-11)17-10-12-5-7-16-15(9-12)19-13-3-2-4-13/h5,7,9,11,13-14,17H,2-4,6,8,10H2,1H3/t11-,14-/m0/s1. The molecule has 2 fully saturated rings. The molecule has 1 aliphatic heterocycles. The maximum Gasteiger partial charge on any atom is 0.213 e. The SMILES string of the molecule is C[C@@H]1OCC[C@@H]1NCc1ccnc(OC2CCC2)c1. The molecule has 104 valence electrons. The summed E-state index contributed by atoms with van der Waals surface area (Å²) in [6.45, 7) is 3.84. The number of hydrogen-bond donors (Lipinski definition) is 1. The molecule has 3 rings (SSSR count). The number of ether oxygens (including phenoxy) is 2. The fraction of sp³-hybridized carbons (Fsp3) is 0.667. The van der Waals surface area contributed by atoms with Crippen LogP contribution in [0.4, 0.5) is 0 Å². The van der Waals surface area contributed by atoms with Crippen LogP contribution in [0, 0.1) is 0 Å². The molecule has 1 N–H and O–H groups in total. The van der Waals surface area contributed by atoms with Crippen LogP contribution in [0.1, 0.15) is 38.2 Å². The van der Waals surface area contributed by atoms with Crippen molar-refractivity contribution >= 4 is 0 Å². The van der Waals surface area contributed by atoms with Gasteiger partial charge in [0.15, 0.2) is 0 Å². The van der Waals surface area contributed by atoms with E-state index in [1.54, 1.807) is 0 Å². The van der Waals surface area contributed by atoms with E-state index in [1.807, 2.05) is 18.3 Å². The lowest BCUT2D eigenvalue weighted by Crippen LogP contribution is -2.34. The lowest BCUT2D eigenvalue weighted by Gasteiger charge is -2.25. The molecule has 2 heterocycles. The van der Waals surface area contributed by atoms with Crippen LogP contribution >= 0.6 is 0 Å². The first-order valence-electron chi connectivity index (χ1n) is 7.28. The van der Waals surface area contributed by atoms with Crippen LogP contribution in [0.15, 0.2) is 18.3 Å². The van der Waals surface area contributed by atoms with Gasteiger partial charge < -0.3 is 14.8 Å². The van der Waals surface area contributed by atoms with Crippen molar-refractivity contribution < 1.29 is 9.47 Å². The molecular weight excluding hydrogens is 240 g/mol. The van der Waals surface area contributed by atoms with Gasteiger partial charge in [0.05, 0.1) is 6.10 Å². The largest absolute Gasteiger partial charge is 0.474 e. The van der Waals surface area contributed by atoms with Gasteiger partial charge in [-0.15, -0.1) is 0 Å². The third kappa shape index (κ3) is 3.25. The Kier molecular flexibility index (Phi) is 3.99. The summed E-state index contributed by atoms with van der Waals surface area (Å²) in [4.78, 5) is 4.28. The summed E-state index contributed by atoms with van der Waals surface area (Å²) in [5, 5.41) is 3.55. The van der Waals surface area contributed by atoms with Crippen LogP contribution in [0.5, 0.6) is 5.88 Å². The van der Waals surface area contributed by atoms with Crippen molar-refractivity contribution in [1.29, 1.82) is 0 Å². The quantitative estimate of drug-likeness (QED) is 0.884. The molecule has 2 atom stereocenters. The van der Waals surface area contributed by atoms with Crippen molar-refractivity contribution in [2.45, 2.75) is 57.4 Å². The Morgan fingerprint density at radius 1 is 1.42 bits per heavy atom. The zero-order valence-electron chi connectivity index (χ0n) is 11.5. The Hall–Kier alpha value is -1.13. The highest BCUT2D eigenvalue weighted by Gasteiger charge is 2.23. The lowest BCUT2D eigenvalue weighted by molar-refractivity contribution is 0.112. The number of aromatic nitrogens is 1. The third-order valence-corrected chi connectivity index (χ3v) is 4.08. The molecule has 4 nitrogen and oxygen atoms in total. The van der Waals surface area contributed by atoms with Crippen molar-refractivity contribution in [3.8, 4) is 5.88 Å². The Bertz CT molecular complexity index is 420. The Balaban J connectivity index is 1.53. The summed E-state index contributed by atoms with van der Waals surface area (Å²) in [6, 6.07) is 4.55. The second-order valence-electron chi connectivity index (χ2n) is 5.53. The summed E-state index contributed by atoms with van der Waals surface area (Å²) >= 11 is 0. The van der Waals surface area contributed by atoms with E-state index in [1.165, 1.54) is 24.8 Å². The van der Waals surface area contributed by atoms with Gasteiger partial charge in [-0.05, 0) is 44.2 Å². The van der Waals surface area contributed by atoms with Gasteiger partial charge in [0.25, 0.3) is 0 Å². The summed E-state index contributed by atoms with van der Waals surface area (Å²) in [5.41, 5.74) is 1.23. The highest BCUT2D eigenvalue weighted by Crippen LogP contribution is 2.24. The molecule has 0 bridgehead atoms. The number of nitrogens with zero attached hydrogens (tertiary/aromatic N) is 1. The van der Waals surface area contributed by atoms with E-state index in [4.69, 9.17) is 9.47 Å². The number of nitrogens with one attached hydrogen (secondary N) is 1. The first-order chi connectivity index (χ1) is 9.31. The number of pyridine rings is 1. The van der Waals surface area contributed by atoms with Gasteiger partial charge in [0.2, 0.25) is 5.88 Å². The Labute approximate surface area is 114 Å². The van der Waals surface area contributed by atoms with E-state index in [-0.39, 0.29) is 0 Å². The minimum absolute atomic E-state index is 0.313. The first kappa shape index (κ1) is 12.9. The van der Waals surface area contributed by atoms with Gasteiger partial charge in [0.1, 0.15) is 6.10 Å². The van der Waals surface area contributed by atoms with Crippen LogP contribution in [0.25, 0.3) is 0 Å². The van der Waals surface area contributed by atoms with Crippen LogP contribution in [0.3, 0.4) is 0 Å². The second-order valence-corrected chi connectivity index (χ2v) is 5.53. The zero-order chi connectivity index (χ0) is 13.1. The van der Waals surface area contributed by atoms with Crippen molar-refractivity contribution in [3.05, 3.63) is 23.9 Å². The Morgan fingerprint density at radius 2 is 2.32 bits per heavy atom. The van der Waals surface area contributed by atoms with Crippen LogP contribution in [0.2, 0.25) is 0 Å². The van der Waals surface area contributed by atoms with Gasteiger partial charge in [-0.3, -0.25) is 0 Å². The smallest absolute Gasteiger partial charge is 0.213 e. The summed E-state index contributed by atoms with van der Waals surface area (Å²) in [6.07, 6.45) is 7.25. The van der Waals surface area contributed by atoms with Gasteiger partial charge in [-0.25, -0.2) is 4.98 Å². The van der Waals surface area contributed by atoms with Crippen LogP contribution in [-0.4, -0.2) is 29.8 Å². The maximum atomic E-state index is 5.82. The van der Waals surface area contributed by atoms with Crippen LogP contribution < -0.4 is 10.1 Å². The van der Waals surface area contributed by atoms with E-state index in [2.05, 4.69) is 17.2 Å². The molecule has 2 aliphatic rings. The van der Waals surface area contributed by atoms with Crippen molar-refractivity contribution in [2.75, 3.05) is 6.61 Å². The molecule has 19 heavy (non-hydrogen) atoms. The summed E-state index contributed by atoms with van der Waals surface area (Å²) in [7, 11) is 0. The summed E-state index contributed by atoms with van der Waals surface area (Å²) < 4.78 is 11.4. The molecule has 0 aromatic carbocycles. The predicted molar refractivity (Wildman–Crippen MR) is 73.2 cm³/mol. The number of rotatable bonds is 5. The fourth-order valence-electron chi connectivity index (χ4n) is 2.53. The molecule has 4 heteroatoms. The molecule has 0 amide bonds. The van der Waals surface area contributed by atoms with E-state index < -0.39 is 0 Å². The van der Waals surface area contributed by atoms with E-state index in [0.29, 0.717) is 18.2 Å². The second kappa shape index (κ2) is 5.88. The lowest BCUT2D eigenvalue weighted by atomic mass is 9.96. The van der Waals surface area contributed by atoms with Crippen molar-refractivity contribution in [2.24, 2.45) is 0 Å².